The number of halogens is 1. The van der Waals surface area contributed by atoms with Crippen LogP contribution in [0.25, 0.3) is 29.2 Å². The van der Waals surface area contributed by atoms with E-state index >= 15 is 0 Å². The average molecular weight is 995 g/mol. The fraction of sp³-hybridized carbons (Fsp3) is 0. The number of thiophene rings is 4. The maximum atomic E-state index is 11.0. The number of rotatable bonds is 10. The number of fused-ring (bicyclic) bond motifs is 2. The normalized spacial score (nSPS) is 10.6. The molecule has 304 valence electrons. The molecule has 0 fully saturated rings. The average Bonchev–Trinajstić information content (AvgIpc) is 4.09. The van der Waals surface area contributed by atoms with Crippen molar-refractivity contribution in [2.45, 2.75) is 0 Å². The molecule has 0 saturated heterocycles. The number of hydrogen-bond acceptors (Lipinski definition) is 10. The molecule has 2 N–H and O–H groups in total. The van der Waals surface area contributed by atoms with E-state index in [-0.39, 0.29) is 0 Å². The maximum absolute atomic E-state index is 11.0. The van der Waals surface area contributed by atoms with Gasteiger partial charge in [0.15, 0.2) is 12.6 Å². The van der Waals surface area contributed by atoms with Gasteiger partial charge in [-0.05, 0) is 131 Å². The van der Waals surface area contributed by atoms with E-state index in [1.165, 1.54) is 32.1 Å². The Morgan fingerprint density at radius 2 is 0.774 bits per heavy atom. The SMILES string of the molecule is O=Cc1cc2sc(-c3ccc(N(c4ccccc4)c4ccccc4)cc3)cc2s1.O=Cc1cc2sc(I)cc2s1.OB(O)c1ccc(N(c2ccccc2)c2ccccc2)cc1. The highest BCUT2D eigenvalue weighted by atomic mass is 127. The summed E-state index contributed by atoms with van der Waals surface area (Å²) in [4.78, 5) is 28.6. The Morgan fingerprint density at radius 1 is 0.419 bits per heavy atom. The summed E-state index contributed by atoms with van der Waals surface area (Å²) in [6.07, 6.45) is 1.83. The zero-order valence-electron chi connectivity index (χ0n) is 32.8. The second-order valence-electron chi connectivity index (χ2n) is 13.7. The summed E-state index contributed by atoms with van der Waals surface area (Å²) in [6.45, 7) is 0. The molecule has 6 nitrogen and oxygen atoms in total. The Balaban J connectivity index is 0.000000141. The van der Waals surface area contributed by atoms with E-state index in [4.69, 9.17) is 0 Å². The predicted molar refractivity (Wildman–Crippen MR) is 274 cm³/mol. The molecule has 0 bridgehead atoms. The molecule has 0 amide bonds. The number of carbonyl (C=O) groups excluding carboxylic acids is 2. The zero-order valence-corrected chi connectivity index (χ0v) is 38.2. The molecule has 0 radical (unpaired) electrons. The summed E-state index contributed by atoms with van der Waals surface area (Å²) in [6, 6.07) is 65.0. The van der Waals surface area contributed by atoms with Crippen molar-refractivity contribution >= 4 is 146 Å². The van der Waals surface area contributed by atoms with Crippen molar-refractivity contribution < 1.29 is 19.6 Å². The highest BCUT2D eigenvalue weighted by Crippen LogP contribution is 2.40. The number of benzene rings is 6. The maximum Gasteiger partial charge on any atom is 0.488 e. The molecular formula is C50H36BIN2O4S4. The van der Waals surface area contributed by atoms with Gasteiger partial charge in [-0.2, -0.15) is 0 Å². The van der Waals surface area contributed by atoms with Crippen LogP contribution in [0.15, 0.2) is 194 Å². The Hall–Kier alpha value is -5.71. The fourth-order valence-corrected chi connectivity index (χ4v) is 12.1. The van der Waals surface area contributed by atoms with Crippen LogP contribution in [0.4, 0.5) is 34.1 Å². The lowest BCUT2D eigenvalue weighted by atomic mass is 9.80. The minimum atomic E-state index is -1.45. The molecule has 0 spiro atoms. The number of nitrogens with zero attached hydrogens (tertiary/aromatic N) is 2. The Morgan fingerprint density at radius 3 is 1.15 bits per heavy atom. The van der Waals surface area contributed by atoms with Gasteiger partial charge in [-0.1, -0.05) is 97.1 Å². The van der Waals surface area contributed by atoms with E-state index in [0.717, 1.165) is 56.5 Å². The van der Waals surface area contributed by atoms with Crippen molar-refractivity contribution in [3.8, 4) is 10.4 Å². The van der Waals surface area contributed by atoms with E-state index in [1.807, 2.05) is 97.1 Å². The number of hydrogen-bond donors (Lipinski definition) is 2. The van der Waals surface area contributed by atoms with Crippen LogP contribution in [0.2, 0.25) is 0 Å². The number of para-hydroxylation sites is 4. The number of aldehydes is 2. The quantitative estimate of drug-likeness (QED) is 0.0807. The standard InChI is InChI=1S/C25H17NOS2.C18H16BNO2.C7H3IOS2/c27-17-22-15-24-25(28-22)16-23(29-24)18-11-13-21(14-12-18)26(19-7-3-1-4-8-19)20-9-5-2-6-10-20;21-19(22)15-11-13-18(14-12-15)20(16-7-3-1-4-8-16)17-9-5-2-6-10-17;8-7-2-6-5(11-7)1-4(3-9)10-6/h1-17H;1-14,21-22H;1-3H. The highest BCUT2D eigenvalue weighted by molar-refractivity contribution is 14.1. The topological polar surface area (TPSA) is 81.1 Å². The molecule has 10 aromatic rings. The van der Waals surface area contributed by atoms with Crippen LogP contribution in [0.1, 0.15) is 19.3 Å². The van der Waals surface area contributed by atoms with E-state index in [2.05, 4.69) is 117 Å². The molecule has 0 unspecified atom stereocenters. The molecule has 62 heavy (non-hydrogen) atoms. The summed E-state index contributed by atoms with van der Waals surface area (Å²) in [7, 11) is -1.45. The molecule has 0 atom stereocenters. The zero-order chi connectivity index (χ0) is 42.8. The van der Waals surface area contributed by atoms with Gasteiger partial charge in [0.05, 0.1) is 12.6 Å². The van der Waals surface area contributed by atoms with Gasteiger partial charge in [0.25, 0.3) is 0 Å². The highest BCUT2D eigenvalue weighted by Gasteiger charge is 2.16. The van der Waals surface area contributed by atoms with Crippen LogP contribution in [0.3, 0.4) is 0 Å². The molecule has 0 aliphatic heterocycles. The predicted octanol–water partition coefficient (Wildman–Crippen LogP) is 14.1. The lowest BCUT2D eigenvalue weighted by Crippen LogP contribution is -2.29. The van der Waals surface area contributed by atoms with Gasteiger partial charge in [0.1, 0.15) is 0 Å². The van der Waals surface area contributed by atoms with Gasteiger partial charge in [0, 0.05) is 57.8 Å². The van der Waals surface area contributed by atoms with Crippen LogP contribution < -0.4 is 15.3 Å². The van der Waals surface area contributed by atoms with Gasteiger partial charge in [-0.25, -0.2) is 0 Å². The number of anilines is 6. The first-order valence-electron chi connectivity index (χ1n) is 19.4. The Kier molecular flexibility index (Phi) is 14.2. The van der Waals surface area contributed by atoms with Crippen molar-refractivity contribution in [2.24, 2.45) is 0 Å². The molecule has 4 aromatic heterocycles. The lowest BCUT2D eigenvalue weighted by Gasteiger charge is -2.25. The summed E-state index contributed by atoms with van der Waals surface area (Å²) in [5, 5.41) is 18.5. The van der Waals surface area contributed by atoms with Crippen molar-refractivity contribution in [3.05, 3.63) is 207 Å². The van der Waals surface area contributed by atoms with Gasteiger partial charge in [0.2, 0.25) is 0 Å². The first-order chi connectivity index (χ1) is 30.4. The van der Waals surface area contributed by atoms with E-state index in [0.29, 0.717) is 5.46 Å². The third-order valence-electron chi connectivity index (χ3n) is 9.57. The molecule has 0 aliphatic carbocycles. The van der Waals surface area contributed by atoms with Crippen LogP contribution >= 0.6 is 67.9 Å². The molecule has 4 heterocycles. The summed E-state index contributed by atoms with van der Waals surface area (Å²) < 4.78 is 6.07. The van der Waals surface area contributed by atoms with Crippen molar-refractivity contribution in [1.82, 2.24) is 0 Å². The van der Waals surface area contributed by atoms with Crippen LogP contribution in [-0.2, 0) is 0 Å². The van der Waals surface area contributed by atoms with Crippen LogP contribution in [0, 0.1) is 2.88 Å². The Bertz CT molecular complexity index is 2850. The largest absolute Gasteiger partial charge is 0.488 e. The second kappa shape index (κ2) is 20.4. The third-order valence-corrected chi connectivity index (χ3v) is 14.8. The monoisotopic (exact) mass is 994 g/mol. The molecule has 0 aliphatic rings. The summed E-state index contributed by atoms with van der Waals surface area (Å²) in [5.41, 5.74) is 8.10. The van der Waals surface area contributed by atoms with Gasteiger partial charge in [-0.3, -0.25) is 9.59 Å². The number of carbonyl (C=O) groups is 2. The second-order valence-corrected chi connectivity index (χ2v) is 20.0. The fourth-order valence-electron chi connectivity index (χ4n) is 6.71. The Labute approximate surface area is 389 Å². The molecule has 10 rings (SSSR count). The third kappa shape index (κ3) is 10.3. The summed E-state index contributed by atoms with van der Waals surface area (Å²) >= 11 is 8.85. The minimum Gasteiger partial charge on any atom is -0.423 e. The van der Waals surface area contributed by atoms with E-state index in [1.54, 1.807) is 57.5 Å². The minimum absolute atomic E-state index is 0.477. The molecular weight excluding hydrogens is 959 g/mol. The van der Waals surface area contributed by atoms with E-state index < -0.39 is 7.12 Å². The van der Waals surface area contributed by atoms with Crippen molar-refractivity contribution in [2.75, 3.05) is 9.80 Å². The summed E-state index contributed by atoms with van der Waals surface area (Å²) in [5.74, 6) is 0. The first kappa shape index (κ1) is 43.0. The van der Waals surface area contributed by atoms with Gasteiger partial charge < -0.3 is 19.8 Å². The van der Waals surface area contributed by atoms with Gasteiger partial charge in [-0.15, -0.1) is 45.3 Å². The van der Waals surface area contributed by atoms with Crippen LogP contribution in [-0.4, -0.2) is 29.7 Å². The molecule has 12 heteroatoms. The smallest absolute Gasteiger partial charge is 0.423 e. The lowest BCUT2D eigenvalue weighted by molar-refractivity contribution is 0.111. The van der Waals surface area contributed by atoms with Crippen molar-refractivity contribution in [1.29, 1.82) is 0 Å². The van der Waals surface area contributed by atoms with E-state index in [9.17, 15) is 19.6 Å². The molecule has 0 saturated carbocycles. The van der Waals surface area contributed by atoms with Crippen molar-refractivity contribution in [3.63, 3.8) is 0 Å². The van der Waals surface area contributed by atoms with Gasteiger partial charge >= 0.3 is 7.12 Å². The first-order valence-corrected chi connectivity index (χ1v) is 23.7. The molecule has 6 aromatic carbocycles. The van der Waals surface area contributed by atoms with Crippen LogP contribution in [0.5, 0.6) is 0 Å².